The van der Waals surface area contributed by atoms with E-state index in [1.54, 1.807) is 4.57 Å². The van der Waals surface area contributed by atoms with Crippen LogP contribution in [0.1, 0.15) is 39.0 Å². The summed E-state index contributed by atoms with van der Waals surface area (Å²) in [7, 11) is 0. The fourth-order valence-corrected chi connectivity index (χ4v) is 4.56. The van der Waals surface area contributed by atoms with Gasteiger partial charge in [0.05, 0.1) is 6.54 Å². The van der Waals surface area contributed by atoms with E-state index < -0.39 is 4.92 Å². The third-order valence-electron chi connectivity index (χ3n) is 5.78. The third kappa shape index (κ3) is 3.50. The SMILES string of the molecule is C[C@]1(CN2CCC(N3CCCCC3)CC2)Cn2cc([N+](=O)[O-])nc2O1. The van der Waals surface area contributed by atoms with Crippen LogP contribution in [-0.2, 0) is 6.54 Å². The molecule has 8 nitrogen and oxygen atoms in total. The van der Waals surface area contributed by atoms with Gasteiger partial charge in [0.25, 0.3) is 0 Å². The van der Waals surface area contributed by atoms with Crippen LogP contribution in [0, 0.1) is 10.1 Å². The highest BCUT2D eigenvalue weighted by Crippen LogP contribution is 2.32. The molecule has 0 spiro atoms. The van der Waals surface area contributed by atoms with E-state index in [1.807, 2.05) is 0 Å². The summed E-state index contributed by atoms with van der Waals surface area (Å²) >= 11 is 0. The van der Waals surface area contributed by atoms with Crippen molar-refractivity contribution in [1.82, 2.24) is 19.4 Å². The molecule has 0 N–H and O–H groups in total. The van der Waals surface area contributed by atoms with Gasteiger partial charge in [-0.15, -0.1) is 0 Å². The zero-order valence-corrected chi connectivity index (χ0v) is 14.9. The smallest absolute Gasteiger partial charge is 0.415 e. The van der Waals surface area contributed by atoms with Crippen molar-refractivity contribution in [3.8, 4) is 6.01 Å². The second kappa shape index (κ2) is 6.57. The van der Waals surface area contributed by atoms with Crippen molar-refractivity contribution in [2.45, 2.75) is 57.2 Å². The summed E-state index contributed by atoms with van der Waals surface area (Å²) in [5.41, 5.74) is -0.352. The molecule has 0 amide bonds. The second-order valence-electron chi connectivity index (χ2n) is 7.92. The Hall–Kier alpha value is -1.67. The number of imidazole rings is 1. The Morgan fingerprint density at radius 1 is 1.28 bits per heavy atom. The molecule has 0 aliphatic carbocycles. The summed E-state index contributed by atoms with van der Waals surface area (Å²) in [5.74, 6) is -0.139. The summed E-state index contributed by atoms with van der Waals surface area (Å²) in [5, 5.41) is 10.8. The van der Waals surface area contributed by atoms with E-state index in [2.05, 4.69) is 21.7 Å². The lowest BCUT2D eigenvalue weighted by Crippen LogP contribution is -2.51. The average Bonchev–Trinajstić information content (AvgIpc) is 3.11. The van der Waals surface area contributed by atoms with Gasteiger partial charge in [-0.25, -0.2) is 0 Å². The van der Waals surface area contributed by atoms with Crippen LogP contribution in [0.3, 0.4) is 0 Å². The molecule has 2 saturated heterocycles. The molecular formula is C17H27N5O3. The predicted molar refractivity (Wildman–Crippen MR) is 92.8 cm³/mol. The fraction of sp³-hybridized carbons (Fsp3) is 0.824. The largest absolute Gasteiger partial charge is 0.436 e. The highest BCUT2D eigenvalue weighted by Gasteiger charge is 2.42. The Morgan fingerprint density at radius 2 is 2.00 bits per heavy atom. The number of rotatable bonds is 4. The molecule has 0 bridgehead atoms. The first kappa shape index (κ1) is 16.8. The molecule has 1 aromatic heterocycles. The molecule has 3 aliphatic heterocycles. The van der Waals surface area contributed by atoms with Crippen LogP contribution >= 0.6 is 0 Å². The number of piperidine rings is 2. The van der Waals surface area contributed by atoms with Gasteiger partial charge in [0.15, 0.2) is 0 Å². The zero-order chi connectivity index (χ0) is 17.4. The Bertz CT molecular complexity index is 609. The molecule has 0 aromatic carbocycles. The van der Waals surface area contributed by atoms with E-state index in [0.29, 0.717) is 12.6 Å². The molecule has 1 atom stereocenters. The van der Waals surface area contributed by atoms with Crippen LogP contribution in [0.15, 0.2) is 6.20 Å². The maximum atomic E-state index is 10.8. The topological polar surface area (TPSA) is 76.7 Å². The standard InChI is InChI=1S/C17H27N5O3/c1-17(13-21-11-15(22(23)24)18-16(21)25-17)12-19-9-5-14(6-10-19)20-7-3-2-4-8-20/h11,14H,2-10,12-13H2,1H3/t17-/m0/s1. The maximum Gasteiger partial charge on any atom is 0.415 e. The number of likely N-dealkylation sites (tertiary alicyclic amines) is 2. The molecule has 4 rings (SSSR count). The van der Waals surface area contributed by atoms with Crippen molar-refractivity contribution in [3.05, 3.63) is 16.3 Å². The maximum absolute atomic E-state index is 10.8. The normalized spacial score (nSPS) is 28.7. The summed E-state index contributed by atoms with van der Waals surface area (Å²) < 4.78 is 7.73. The average molecular weight is 349 g/mol. The van der Waals surface area contributed by atoms with Crippen LogP contribution in [-0.4, -0.2) is 68.6 Å². The van der Waals surface area contributed by atoms with Crippen LogP contribution in [0.5, 0.6) is 6.01 Å². The van der Waals surface area contributed by atoms with Crippen molar-refractivity contribution in [2.75, 3.05) is 32.7 Å². The van der Waals surface area contributed by atoms with Crippen LogP contribution in [0.25, 0.3) is 0 Å². The van der Waals surface area contributed by atoms with E-state index in [0.717, 1.165) is 25.7 Å². The Morgan fingerprint density at radius 3 is 2.64 bits per heavy atom. The van der Waals surface area contributed by atoms with Gasteiger partial charge in [-0.2, -0.15) is 0 Å². The minimum Gasteiger partial charge on any atom is -0.436 e. The molecule has 0 saturated carbocycles. The number of nitrogens with zero attached hydrogens (tertiary/aromatic N) is 5. The zero-order valence-electron chi connectivity index (χ0n) is 14.9. The Kier molecular flexibility index (Phi) is 4.41. The lowest BCUT2D eigenvalue weighted by Gasteiger charge is -2.41. The van der Waals surface area contributed by atoms with Crippen molar-refractivity contribution in [3.63, 3.8) is 0 Å². The minimum atomic E-state index is -0.475. The number of fused-ring (bicyclic) bond motifs is 1. The number of hydrogen-bond acceptors (Lipinski definition) is 6. The Balaban J connectivity index is 1.30. The highest BCUT2D eigenvalue weighted by molar-refractivity contribution is 5.23. The van der Waals surface area contributed by atoms with Crippen molar-refractivity contribution in [1.29, 1.82) is 0 Å². The molecule has 3 aliphatic rings. The first-order valence-electron chi connectivity index (χ1n) is 9.39. The molecule has 0 unspecified atom stereocenters. The summed E-state index contributed by atoms with van der Waals surface area (Å²) in [4.78, 5) is 19.5. The second-order valence-corrected chi connectivity index (χ2v) is 7.92. The first-order chi connectivity index (χ1) is 12.0. The van der Waals surface area contributed by atoms with E-state index in [9.17, 15) is 10.1 Å². The molecule has 2 fully saturated rings. The number of ether oxygens (including phenoxy) is 1. The lowest BCUT2D eigenvalue weighted by atomic mass is 9.98. The predicted octanol–water partition coefficient (Wildman–Crippen LogP) is 1.89. The van der Waals surface area contributed by atoms with Gasteiger partial charge >= 0.3 is 11.8 Å². The van der Waals surface area contributed by atoms with Crippen LogP contribution in [0.4, 0.5) is 5.82 Å². The molecule has 0 radical (unpaired) electrons. The fourth-order valence-electron chi connectivity index (χ4n) is 4.56. The minimum absolute atomic E-state index is 0.139. The molecule has 8 heteroatoms. The summed E-state index contributed by atoms with van der Waals surface area (Å²) in [6, 6.07) is 1.12. The van der Waals surface area contributed by atoms with E-state index in [-0.39, 0.29) is 11.4 Å². The highest BCUT2D eigenvalue weighted by atomic mass is 16.6. The van der Waals surface area contributed by atoms with Gasteiger partial charge in [0.2, 0.25) is 0 Å². The van der Waals surface area contributed by atoms with Gasteiger partial charge in [0, 0.05) is 17.6 Å². The molecular weight excluding hydrogens is 322 g/mol. The van der Waals surface area contributed by atoms with E-state index in [1.165, 1.54) is 51.4 Å². The number of hydrogen-bond donors (Lipinski definition) is 0. The van der Waals surface area contributed by atoms with Gasteiger partial charge in [-0.3, -0.25) is 9.47 Å². The number of nitro groups is 1. The van der Waals surface area contributed by atoms with Crippen molar-refractivity contribution >= 4 is 5.82 Å². The summed E-state index contributed by atoms with van der Waals surface area (Å²) in [6.45, 7) is 8.28. The van der Waals surface area contributed by atoms with Crippen molar-refractivity contribution in [2.24, 2.45) is 0 Å². The molecule has 1 aromatic rings. The van der Waals surface area contributed by atoms with E-state index in [4.69, 9.17) is 4.74 Å². The van der Waals surface area contributed by atoms with Crippen LogP contribution < -0.4 is 4.74 Å². The van der Waals surface area contributed by atoms with Gasteiger partial charge in [0.1, 0.15) is 11.8 Å². The monoisotopic (exact) mass is 349 g/mol. The van der Waals surface area contributed by atoms with Gasteiger partial charge in [-0.05, 0) is 63.7 Å². The summed E-state index contributed by atoms with van der Waals surface area (Å²) in [6.07, 6.45) is 8.02. The lowest BCUT2D eigenvalue weighted by molar-refractivity contribution is -0.389. The van der Waals surface area contributed by atoms with Gasteiger partial charge in [-0.1, -0.05) is 6.42 Å². The third-order valence-corrected chi connectivity index (χ3v) is 5.78. The number of aromatic nitrogens is 2. The molecule has 138 valence electrons. The molecule has 4 heterocycles. The quantitative estimate of drug-likeness (QED) is 0.610. The Labute approximate surface area is 147 Å². The van der Waals surface area contributed by atoms with Gasteiger partial charge < -0.3 is 19.8 Å². The van der Waals surface area contributed by atoms with Crippen molar-refractivity contribution < 1.29 is 9.66 Å². The molecule has 25 heavy (non-hydrogen) atoms. The van der Waals surface area contributed by atoms with E-state index >= 15 is 0 Å². The van der Waals surface area contributed by atoms with Crippen LogP contribution in [0.2, 0.25) is 0 Å². The first-order valence-corrected chi connectivity index (χ1v) is 9.39.